The number of piperazine rings is 1. The molecule has 2 aromatic carbocycles. The molecule has 352 valence electrons. The second-order valence-electron chi connectivity index (χ2n) is 16.8. The molecule has 9 N–H and O–H groups in total. The molecule has 5 heterocycles. The van der Waals surface area contributed by atoms with Gasteiger partial charge in [0.25, 0.3) is 0 Å². The lowest BCUT2D eigenvalue weighted by Gasteiger charge is -2.40. The maximum Gasteiger partial charge on any atom is 0.322 e. The zero-order chi connectivity index (χ0) is 46.2. The first-order chi connectivity index (χ1) is 31.3. The van der Waals surface area contributed by atoms with E-state index in [1.807, 2.05) is 36.4 Å². The summed E-state index contributed by atoms with van der Waals surface area (Å²) in [4.78, 5) is 67.3. The number of aromatic nitrogens is 1. The number of ether oxygens (including phenoxy) is 1. The van der Waals surface area contributed by atoms with Crippen molar-refractivity contribution in [3.05, 3.63) is 81.0 Å². The largest absolute Gasteiger partial charge is 0.506 e. The van der Waals surface area contributed by atoms with Gasteiger partial charge in [-0.25, -0.2) is 9.59 Å². The lowest BCUT2D eigenvalue weighted by molar-refractivity contribution is -0.236. The molecule has 3 saturated heterocycles. The summed E-state index contributed by atoms with van der Waals surface area (Å²) in [7, 11) is 0. The van der Waals surface area contributed by atoms with E-state index in [0.29, 0.717) is 86.0 Å². The molecule has 0 unspecified atom stereocenters. The van der Waals surface area contributed by atoms with E-state index in [9.17, 15) is 44.7 Å². The highest BCUT2D eigenvalue weighted by Gasteiger charge is 2.43. The molecule has 19 nitrogen and oxygen atoms in total. The number of piperidine rings is 1. The lowest BCUT2D eigenvalue weighted by Crippen LogP contribution is -2.62. The Hall–Kier alpha value is -4.61. The molecule has 0 saturated carbocycles. The number of carbonyl (C=O) groups excluding carboxylic acids is 4. The Bertz CT molecular complexity index is 2100. The molecule has 3 aromatic rings. The number of aliphatic hydroxyl groups excluding tert-OH is 4. The Balaban J connectivity index is 1.03. The second-order valence-corrected chi connectivity index (χ2v) is 18.5. The third-order valence-electron chi connectivity index (χ3n) is 12.6. The van der Waals surface area contributed by atoms with Gasteiger partial charge in [0, 0.05) is 82.0 Å². The summed E-state index contributed by atoms with van der Waals surface area (Å²) in [6, 6.07) is 11.9. The van der Waals surface area contributed by atoms with Crippen LogP contribution >= 0.6 is 31.9 Å². The van der Waals surface area contributed by atoms with Gasteiger partial charge in [0.2, 0.25) is 11.8 Å². The number of hydrogen-bond donors (Lipinski definition) is 9. The number of unbranched alkanes of at least 4 members (excludes halogenated alkanes) is 1. The number of phenolic OH excluding ortho intramolecular Hbond substituents is 1. The van der Waals surface area contributed by atoms with Crippen LogP contribution in [0.5, 0.6) is 5.75 Å². The van der Waals surface area contributed by atoms with Gasteiger partial charge in [-0.05, 0) is 112 Å². The number of aliphatic hydroxyl groups is 4. The first kappa shape index (κ1) is 48.3. The average molecular weight is 1030 g/mol. The normalized spacial score (nSPS) is 23.6. The number of urea groups is 2. The molecule has 7 rings (SSSR count). The maximum atomic E-state index is 14.5. The Labute approximate surface area is 393 Å². The van der Waals surface area contributed by atoms with E-state index in [1.54, 1.807) is 39.2 Å². The van der Waals surface area contributed by atoms with Crippen LogP contribution in [0.15, 0.2) is 69.9 Å². The van der Waals surface area contributed by atoms with Crippen molar-refractivity contribution in [2.24, 2.45) is 0 Å². The highest BCUT2D eigenvalue weighted by Crippen LogP contribution is 2.34. The quantitative estimate of drug-likeness (QED) is 0.0988. The predicted molar refractivity (Wildman–Crippen MR) is 246 cm³/mol. The number of amides is 6. The highest BCUT2D eigenvalue weighted by molar-refractivity contribution is 9.11. The minimum atomic E-state index is -1.53. The van der Waals surface area contributed by atoms with Gasteiger partial charge in [-0.3, -0.25) is 19.9 Å². The standard InChI is InChI=1S/C44H57Br2N9O10/c45-30-21-26(22-31(46)36(30)57)23-34(51-43(63)54-15-10-29(11-16-54)55-24-27-5-1-2-6-32(27)50-44(55)64)40(61)49-33(42(62)53-19-17-52(18-20-53)28-8-13-47-14-9-28)7-3-4-12-48-41-39(60)38(59)37(58)35(25-56)65-41/h1-2,5-6,8-9,13-14,21-22,29,33-35,37-39,41,48,56-60H,3-4,7,10-12,15-20,23-25H2,(H,49,61)(H,50,64)(H,51,63)/t33-,34+,35+,37-,38-,39+,41-/m0/s1. The van der Waals surface area contributed by atoms with Crippen LogP contribution in [0.4, 0.5) is 21.0 Å². The molecular weight excluding hydrogens is 974 g/mol. The van der Waals surface area contributed by atoms with Gasteiger partial charge in [-0.2, -0.15) is 0 Å². The number of phenols is 1. The van der Waals surface area contributed by atoms with E-state index < -0.39 is 61.3 Å². The van der Waals surface area contributed by atoms with Crippen LogP contribution in [0, 0.1) is 0 Å². The van der Waals surface area contributed by atoms with Crippen LogP contribution < -0.4 is 26.2 Å². The summed E-state index contributed by atoms with van der Waals surface area (Å²) < 4.78 is 6.34. The zero-order valence-corrected chi connectivity index (χ0v) is 38.9. The second kappa shape index (κ2) is 22.3. The topological polar surface area (TPSA) is 253 Å². The Morgan fingerprint density at radius 3 is 2.25 bits per heavy atom. The summed E-state index contributed by atoms with van der Waals surface area (Å²) in [5.41, 5.74) is 3.41. The number of nitrogens with one attached hydrogen (secondary N) is 4. The summed E-state index contributed by atoms with van der Waals surface area (Å²) >= 11 is 6.73. The van der Waals surface area contributed by atoms with Crippen molar-refractivity contribution in [1.82, 2.24) is 35.6 Å². The third kappa shape index (κ3) is 11.9. The molecule has 3 fully saturated rings. The molecular formula is C44H57Br2N9O10. The SMILES string of the molecule is O=C(N[C@@H](CCCCN[C@H]1O[C@H](CO)[C@H](O)[C@H](O)[C@H]1O)C(=O)N1CCN(c2ccncc2)CC1)[C@@H](Cc1cc(Br)c(O)c(Br)c1)NC(=O)N1CCC(N2Cc3ccccc3NC2=O)CC1. The maximum absolute atomic E-state index is 14.5. The lowest BCUT2D eigenvalue weighted by atomic mass is 9.98. The van der Waals surface area contributed by atoms with Crippen molar-refractivity contribution < 1.29 is 49.4 Å². The number of para-hydroxylation sites is 1. The fourth-order valence-corrected chi connectivity index (χ4v) is 10.1. The van der Waals surface area contributed by atoms with Gasteiger partial charge >= 0.3 is 12.1 Å². The van der Waals surface area contributed by atoms with Crippen LogP contribution in [-0.4, -0.2) is 170 Å². The van der Waals surface area contributed by atoms with Crippen molar-refractivity contribution in [2.45, 2.75) is 93.8 Å². The molecule has 6 amide bonds. The number of halogens is 2. The molecule has 0 radical (unpaired) electrons. The Morgan fingerprint density at radius 2 is 1.55 bits per heavy atom. The number of nitrogens with zero attached hydrogens (tertiary/aromatic N) is 5. The molecule has 0 bridgehead atoms. The summed E-state index contributed by atoms with van der Waals surface area (Å²) in [6.45, 7) is 2.81. The van der Waals surface area contributed by atoms with E-state index in [4.69, 9.17) is 4.74 Å². The highest BCUT2D eigenvalue weighted by atomic mass is 79.9. The van der Waals surface area contributed by atoms with Gasteiger partial charge < -0.3 is 65.8 Å². The number of pyridine rings is 1. The average Bonchev–Trinajstić information content (AvgIpc) is 3.32. The number of fused-ring (bicyclic) bond motifs is 1. The van der Waals surface area contributed by atoms with E-state index >= 15 is 0 Å². The van der Waals surface area contributed by atoms with Crippen LogP contribution in [-0.2, 0) is 27.3 Å². The molecule has 0 spiro atoms. The number of anilines is 2. The Morgan fingerprint density at radius 1 is 0.862 bits per heavy atom. The van der Waals surface area contributed by atoms with Gasteiger partial charge in [0.15, 0.2) is 0 Å². The molecule has 21 heteroatoms. The van der Waals surface area contributed by atoms with Crippen LogP contribution in [0.25, 0.3) is 0 Å². The first-order valence-electron chi connectivity index (χ1n) is 22.0. The Kier molecular flexibility index (Phi) is 16.5. The molecule has 4 aliphatic heterocycles. The van der Waals surface area contributed by atoms with Crippen LogP contribution in [0.3, 0.4) is 0 Å². The smallest absolute Gasteiger partial charge is 0.322 e. The van der Waals surface area contributed by atoms with Crippen LogP contribution in [0.2, 0.25) is 0 Å². The fourth-order valence-electron chi connectivity index (χ4n) is 8.80. The van der Waals surface area contributed by atoms with E-state index in [1.165, 1.54) is 0 Å². The minimum Gasteiger partial charge on any atom is -0.506 e. The van der Waals surface area contributed by atoms with Crippen molar-refractivity contribution in [1.29, 1.82) is 0 Å². The minimum absolute atomic E-state index is 0.0212. The van der Waals surface area contributed by atoms with Crippen molar-refractivity contribution in [3.8, 4) is 5.75 Å². The monoisotopic (exact) mass is 1030 g/mol. The zero-order valence-electron chi connectivity index (χ0n) is 35.8. The van der Waals surface area contributed by atoms with E-state index in [0.717, 1.165) is 16.9 Å². The van der Waals surface area contributed by atoms with Crippen LogP contribution in [0.1, 0.15) is 43.2 Å². The van der Waals surface area contributed by atoms with Crippen molar-refractivity contribution in [3.63, 3.8) is 0 Å². The number of carbonyl (C=O) groups is 4. The molecule has 65 heavy (non-hydrogen) atoms. The third-order valence-corrected chi connectivity index (χ3v) is 13.8. The molecule has 1 aromatic heterocycles. The van der Waals surface area contributed by atoms with Gasteiger partial charge in [0.05, 0.1) is 15.6 Å². The van der Waals surface area contributed by atoms with Crippen molar-refractivity contribution in [2.75, 3.05) is 62.6 Å². The molecule has 0 aliphatic carbocycles. The number of benzene rings is 2. The predicted octanol–water partition coefficient (Wildman–Crippen LogP) is 1.84. The van der Waals surface area contributed by atoms with E-state index in [-0.39, 0.29) is 43.1 Å². The fraction of sp³-hybridized carbons (Fsp3) is 0.523. The summed E-state index contributed by atoms with van der Waals surface area (Å²) in [6.07, 6.45) is -0.941. The van der Waals surface area contributed by atoms with Crippen molar-refractivity contribution >= 4 is 67.1 Å². The van der Waals surface area contributed by atoms with Gasteiger partial charge in [-0.1, -0.05) is 18.2 Å². The number of rotatable bonds is 15. The number of aromatic hydroxyl groups is 1. The number of likely N-dealkylation sites (tertiary alicyclic amines) is 1. The molecule has 7 atom stereocenters. The summed E-state index contributed by atoms with van der Waals surface area (Å²) in [5.74, 6) is -0.880. The summed E-state index contributed by atoms with van der Waals surface area (Å²) in [5, 5.41) is 62.7. The number of hydrogen-bond acceptors (Lipinski definition) is 13. The van der Waals surface area contributed by atoms with Gasteiger partial charge in [-0.15, -0.1) is 0 Å². The first-order valence-corrected chi connectivity index (χ1v) is 23.6. The van der Waals surface area contributed by atoms with Gasteiger partial charge in [0.1, 0.15) is 48.5 Å². The van der Waals surface area contributed by atoms with E-state index in [2.05, 4.69) is 63.0 Å². The molecule has 4 aliphatic rings.